The number of nitrogens with two attached hydrogens (primary N) is 2. The Balaban J connectivity index is 0.00000154. The van der Waals surface area contributed by atoms with Crippen LogP contribution in [0.1, 0.15) is 64.4 Å². The molecule has 4 atom stereocenters. The SMILES string of the molecule is CCOC(=O)/C=C/[C@H](CCC(N)=O)NC(=O)[C@H](CCCCN)NC(=O)[C@H](C)NC(=O)[C@@H]1CCCN1Cc1ccccc1.O=C(O)C(F)(F)F. The molecule has 1 aromatic carbocycles. The average molecular weight is 701 g/mol. The fourth-order valence-electron chi connectivity index (χ4n) is 4.75. The van der Waals surface area contributed by atoms with Gasteiger partial charge in [0, 0.05) is 25.1 Å². The number of carbonyl (C=O) groups is 6. The number of primary amides is 1. The van der Waals surface area contributed by atoms with E-state index in [1.54, 1.807) is 13.8 Å². The molecule has 0 unspecified atom stereocenters. The fourth-order valence-corrected chi connectivity index (χ4v) is 4.75. The maximum absolute atomic E-state index is 13.3. The van der Waals surface area contributed by atoms with Gasteiger partial charge in [0.25, 0.3) is 0 Å². The number of rotatable bonds is 18. The predicted octanol–water partition coefficient (Wildman–Crippen LogP) is 1.27. The number of esters is 1. The number of ether oxygens (including phenoxy) is 1. The molecular formula is C32H47F3N6O8. The number of aliphatic carboxylic acids is 1. The third kappa shape index (κ3) is 17.5. The molecule has 0 spiro atoms. The summed E-state index contributed by atoms with van der Waals surface area (Å²) in [6, 6.07) is 7.07. The van der Waals surface area contributed by atoms with Gasteiger partial charge in [0.2, 0.25) is 23.6 Å². The lowest BCUT2D eigenvalue weighted by Gasteiger charge is -2.26. The Morgan fingerprint density at radius 3 is 2.27 bits per heavy atom. The van der Waals surface area contributed by atoms with Crippen molar-refractivity contribution in [3.8, 4) is 0 Å². The zero-order chi connectivity index (χ0) is 37.0. The maximum atomic E-state index is 13.3. The number of amides is 4. The van der Waals surface area contributed by atoms with Crippen molar-refractivity contribution in [2.75, 3.05) is 19.7 Å². The summed E-state index contributed by atoms with van der Waals surface area (Å²) in [6.07, 6.45) is 0.798. The molecule has 1 aromatic rings. The zero-order valence-corrected chi connectivity index (χ0v) is 27.7. The second-order valence-electron chi connectivity index (χ2n) is 11.2. The number of alkyl halides is 3. The van der Waals surface area contributed by atoms with E-state index in [4.69, 9.17) is 26.1 Å². The van der Waals surface area contributed by atoms with Crippen LogP contribution in [0.3, 0.4) is 0 Å². The highest BCUT2D eigenvalue weighted by molar-refractivity contribution is 5.93. The Kier molecular flexibility index (Phi) is 19.2. The fraction of sp³-hybridized carbons (Fsp3) is 0.562. The topological polar surface area (TPSA) is 223 Å². The van der Waals surface area contributed by atoms with Crippen molar-refractivity contribution in [1.29, 1.82) is 0 Å². The van der Waals surface area contributed by atoms with Crippen LogP contribution in [0.5, 0.6) is 0 Å². The Morgan fingerprint density at radius 2 is 1.69 bits per heavy atom. The van der Waals surface area contributed by atoms with E-state index in [0.29, 0.717) is 38.8 Å². The summed E-state index contributed by atoms with van der Waals surface area (Å²) >= 11 is 0. The third-order valence-corrected chi connectivity index (χ3v) is 7.25. The molecule has 49 heavy (non-hydrogen) atoms. The number of carboxylic acid groups (broad SMARTS) is 1. The van der Waals surface area contributed by atoms with E-state index in [2.05, 4.69) is 20.9 Å². The molecule has 4 amide bonds. The lowest BCUT2D eigenvalue weighted by molar-refractivity contribution is -0.192. The summed E-state index contributed by atoms with van der Waals surface area (Å²) in [4.78, 5) is 73.6. The lowest BCUT2D eigenvalue weighted by Crippen LogP contribution is -2.55. The van der Waals surface area contributed by atoms with Gasteiger partial charge in [-0.1, -0.05) is 36.4 Å². The molecule has 1 heterocycles. The van der Waals surface area contributed by atoms with Crippen molar-refractivity contribution in [2.45, 2.75) is 95.7 Å². The second kappa shape index (κ2) is 22.2. The van der Waals surface area contributed by atoms with Gasteiger partial charge in [0.1, 0.15) is 12.1 Å². The van der Waals surface area contributed by atoms with E-state index in [1.165, 1.54) is 12.2 Å². The van der Waals surface area contributed by atoms with Gasteiger partial charge in [-0.15, -0.1) is 0 Å². The maximum Gasteiger partial charge on any atom is 0.490 e. The Bertz CT molecular complexity index is 1270. The Morgan fingerprint density at radius 1 is 1.04 bits per heavy atom. The minimum Gasteiger partial charge on any atom is -0.475 e. The van der Waals surface area contributed by atoms with Gasteiger partial charge in [0.05, 0.1) is 12.6 Å². The van der Waals surface area contributed by atoms with E-state index in [1.807, 2.05) is 30.3 Å². The molecule has 1 aliphatic heterocycles. The van der Waals surface area contributed by atoms with E-state index < -0.39 is 54.0 Å². The van der Waals surface area contributed by atoms with Crippen LogP contribution >= 0.6 is 0 Å². The quantitative estimate of drug-likeness (QED) is 0.0731. The van der Waals surface area contributed by atoms with Crippen LogP contribution in [0.25, 0.3) is 0 Å². The number of benzene rings is 1. The average Bonchev–Trinajstić information content (AvgIpc) is 3.50. The van der Waals surface area contributed by atoms with Gasteiger partial charge in [-0.3, -0.25) is 24.1 Å². The summed E-state index contributed by atoms with van der Waals surface area (Å²) in [5.74, 6) is -5.12. The monoisotopic (exact) mass is 700 g/mol. The number of nitrogens with zero attached hydrogens (tertiary/aromatic N) is 1. The number of nitrogens with one attached hydrogen (secondary N) is 3. The molecular weight excluding hydrogens is 653 g/mol. The molecule has 274 valence electrons. The standard InChI is InChI=1S/C30H46N6O6.C2HF3O2/c1-3-42-27(38)17-15-23(14-16-26(32)37)34-29(40)24(12-7-8-18-31)35-28(39)21(2)33-30(41)25-13-9-19-36(25)20-22-10-5-4-6-11-22;3-2(4,5)1(6)7/h4-6,10-11,15,17,21,23-25H,3,7-9,12-14,16,18-20,31H2,1-2H3,(H2,32,37)(H,33,41)(H,34,40)(H,35,39);(H,6,7)/b17-15+;/t21-,23-,24-,25-;/m0./s1. The number of unbranched alkanes of at least 4 members (excludes halogenated alkanes) is 1. The molecule has 2 rings (SSSR count). The van der Waals surface area contributed by atoms with Crippen LogP contribution in [0, 0.1) is 0 Å². The summed E-state index contributed by atoms with van der Waals surface area (Å²) in [6.45, 7) is 5.31. The van der Waals surface area contributed by atoms with Gasteiger partial charge >= 0.3 is 18.1 Å². The number of carboxylic acids is 1. The summed E-state index contributed by atoms with van der Waals surface area (Å²) in [5, 5.41) is 15.5. The van der Waals surface area contributed by atoms with Crippen LogP contribution in [0.4, 0.5) is 13.2 Å². The largest absolute Gasteiger partial charge is 0.490 e. The summed E-state index contributed by atoms with van der Waals surface area (Å²) < 4.78 is 36.6. The number of hydrogen-bond acceptors (Lipinski definition) is 9. The first kappa shape index (κ1) is 42.5. The summed E-state index contributed by atoms with van der Waals surface area (Å²) in [7, 11) is 0. The molecule has 0 radical (unpaired) electrons. The normalized spacial score (nSPS) is 16.4. The minimum absolute atomic E-state index is 0.0200. The van der Waals surface area contributed by atoms with Crippen molar-refractivity contribution in [3.63, 3.8) is 0 Å². The zero-order valence-electron chi connectivity index (χ0n) is 27.7. The molecule has 1 saturated heterocycles. The molecule has 0 aromatic heterocycles. The van der Waals surface area contributed by atoms with Crippen LogP contribution < -0.4 is 27.4 Å². The van der Waals surface area contributed by atoms with Crippen LogP contribution in [0.15, 0.2) is 42.5 Å². The molecule has 1 aliphatic rings. The number of carbonyl (C=O) groups excluding carboxylic acids is 5. The van der Waals surface area contributed by atoms with Crippen molar-refractivity contribution >= 4 is 35.6 Å². The van der Waals surface area contributed by atoms with Gasteiger partial charge in [-0.2, -0.15) is 13.2 Å². The van der Waals surface area contributed by atoms with Crippen molar-refractivity contribution in [1.82, 2.24) is 20.9 Å². The van der Waals surface area contributed by atoms with E-state index in [-0.39, 0.29) is 31.4 Å². The second-order valence-corrected chi connectivity index (χ2v) is 11.2. The molecule has 17 heteroatoms. The molecule has 0 aliphatic carbocycles. The van der Waals surface area contributed by atoms with Crippen molar-refractivity contribution < 1.29 is 51.8 Å². The highest BCUT2D eigenvalue weighted by Gasteiger charge is 2.38. The highest BCUT2D eigenvalue weighted by Crippen LogP contribution is 2.20. The van der Waals surface area contributed by atoms with Crippen LogP contribution in [-0.4, -0.2) is 95.6 Å². The van der Waals surface area contributed by atoms with E-state index in [9.17, 15) is 37.1 Å². The first-order valence-electron chi connectivity index (χ1n) is 15.9. The Hall–Kier alpha value is -4.51. The van der Waals surface area contributed by atoms with Gasteiger partial charge in [0.15, 0.2) is 0 Å². The molecule has 0 saturated carbocycles. The molecule has 14 nitrogen and oxygen atoms in total. The first-order chi connectivity index (χ1) is 23.1. The van der Waals surface area contributed by atoms with Gasteiger partial charge in [-0.05, 0) is 71.0 Å². The first-order valence-corrected chi connectivity index (χ1v) is 15.9. The van der Waals surface area contributed by atoms with Crippen LogP contribution in [-0.2, 0) is 40.0 Å². The van der Waals surface area contributed by atoms with E-state index in [0.717, 1.165) is 18.5 Å². The number of hydrogen-bond donors (Lipinski definition) is 6. The van der Waals surface area contributed by atoms with E-state index >= 15 is 0 Å². The lowest BCUT2D eigenvalue weighted by atomic mass is 10.1. The summed E-state index contributed by atoms with van der Waals surface area (Å²) in [5.41, 5.74) is 12.0. The predicted molar refractivity (Wildman–Crippen MR) is 172 cm³/mol. The van der Waals surface area contributed by atoms with Crippen molar-refractivity contribution in [2.24, 2.45) is 11.5 Å². The minimum atomic E-state index is -5.08. The molecule has 0 bridgehead atoms. The van der Waals surface area contributed by atoms with Gasteiger partial charge in [-0.25, -0.2) is 9.59 Å². The highest BCUT2D eigenvalue weighted by atomic mass is 19.4. The van der Waals surface area contributed by atoms with Crippen LogP contribution in [0.2, 0.25) is 0 Å². The Labute approximate surface area is 283 Å². The number of likely N-dealkylation sites (tertiary alicyclic amines) is 1. The van der Waals surface area contributed by atoms with Gasteiger partial charge < -0.3 is 37.3 Å². The third-order valence-electron chi connectivity index (χ3n) is 7.25. The smallest absolute Gasteiger partial charge is 0.475 e. The number of halogens is 3. The molecule has 8 N–H and O–H groups in total. The molecule has 1 fully saturated rings. The van der Waals surface area contributed by atoms with Crippen molar-refractivity contribution in [3.05, 3.63) is 48.0 Å².